The number of carbonyl (C=O) groups excluding carboxylic acids is 1. The molecule has 0 amide bonds. The summed E-state index contributed by atoms with van der Waals surface area (Å²) in [6, 6.07) is 3.61. The maximum atomic E-state index is 12.4. The van der Waals surface area contributed by atoms with E-state index in [9.17, 15) is 4.79 Å². The summed E-state index contributed by atoms with van der Waals surface area (Å²) >= 11 is 0. The molecular formula is C25H48O3Si. The van der Waals surface area contributed by atoms with Crippen molar-refractivity contribution in [3.05, 3.63) is 0 Å². The van der Waals surface area contributed by atoms with E-state index in [-0.39, 0.29) is 23.0 Å². The van der Waals surface area contributed by atoms with Gasteiger partial charge in [0.25, 0.3) is 0 Å². The molecule has 0 heterocycles. The number of carbonyl (C=O) groups is 1. The van der Waals surface area contributed by atoms with Gasteiger partial charge in [0.15, 0.2) is 8.32 Å². The standard InChI is InChI=1S/C25H48O3Si/c1-8-25(9-2,28-29(10-3,11-4)12-5)18-19-27-20(6)21-15-16-22-23(26)14-13-17-24(21,22)7/h20-22H,8-19H2,1-7H3/t20-,21?,22?,24?/m1/s1. The molecule has 4 heteroatoms. The van der Waals surface area contributed by atoms with E-state index >= 15 is 0 Å². The summed E-state index contributed by atoms with van der Waals surface area (Å²) in [6.07, 6.45) is 8.62. The zero-order chi connectivity index (χ0) is 21.7. The van der Waals surface area contributed by atoms with Gasteiger partial charge in [-0.15, -0.1) is 0 Å². The van der Waals surface area contributed by atoms with E-state index in [0.29, 0.717) is 11.7 Å². The van der Waals surface area contributed by atoms with Crippen LogP contribution in [-0.4, -0.2) is 32.4 Å². The molecule has 0 aliphatic heterocycles. The fourth-order valence-electron chi connectivity index (χ4n) is 6.51. The zero-order valence-electron chi connectivity index (χ0n) is 20.4. The Labute approximate surface area is 181 Å². The molecule has 2 rings (SSSR count). The van der Waals surface area contributed by atoms with Gasteiger partial charge in [-0.2, -0.15) is 0 Å². The van der Waals surface area contributed by atoms with Crippen LogP contribution in [0.2, 0.25) is 18.1 Å². The molecule has 0 saturated heterocycles. The monoisotopic (exact) mass is 424 g/mol. The minimum atomic E-state index is -1.63. The Morgan fingerprint density at radius 1 is 1.10 bits per heavy atom. The highest BCUT2D eigenvalue weighted by atomic mass is 28.4. The van der Waals surface area contributed by atoms with E-state index in [2.05, 4.69) is 48.5 Å². The molecule has 0 bridgehead atoms. The maximum absolute atomic E-state index is 12.4. The molecule has 2 aliphatic carbocycles. The molecule has 0 N–H and O–H groups in total. The van der Waals surface area contributed by atoms with Crippen LogP contribution in [0.25, 0.3) is 0 Å². The van der Waals surface area contributed by atoms with Crippen LogP contribution in [0.4, 0.5) is 0 Å². The van der Waals surface area contributed by atoms with E-state index in [0.717, 1.165) is 51.6 Å². The van der Waals surface area contributed by atoms with Crippen molar-refractivity contribution in [2.24, 2.45) is 17.3 Å². The van der Waals surface area contributed by atoms with Crippen molar-refractivity contribution in [1.29, 1.82) is 0 Å². The third kappa shape index (κ3) is 5.18. The quantitative estimate of drug-likeness (QED) is 0.312. The summed E-state index contributed by atoms with van der Waals surface area (Å²) in [5.74, 6) is 1.31. The van der Waals surface area contributed by atoms with Crippen molar-refractivity contribution in [2.45, 2.75) is 130 Å². The Hall–Kier alpha value is -0.193. The first-order chi connectivity index (χ1) is 13.7. The molecule has 2 fully saturated rings. The number of ketones is 1. The lowest BCUT2D eigenvalue weighted by molar-refractivity contribution is -0.131. The van der Waals surface area contributed by atoms with Crippen molar-refractivity contribution in [3.63, 3.8) is 0 Å². The molecule has 0 radical (unpaired) electrons. The predicted molar refractivity (Wildman–Crippen MR) is 125 cm³/mol. The minimum absolute atomic E-state index is 0.0309. The van der Waals surface area contributed by atoms with Gasteiger partial charge in [-0.1, -0.05) is 41.5 Å². The summed E-state index contributed by atoms with van der Waals surface area (Å²) in [6.45, 7) is 16.9. The van der Waals surface area contributed by atoms with Crippen molar-refractivity contribution >= 4 is 14.1 Å². The Morgan fingerprint density at radius 2 is 1.72 bits per heavy atom. The fraction of sp³-hybridized carbons (Fsp3) is 0.960. The Kier molecular flexibility index (Phi) is 9.00. The first-order valence-corrected chi connectivity index (χ1v) is 15.1. The molecule has 3 unspecified atom stereocenters. The van der Waals surface area contributed by atoms with E-state index in [1.54, 1.807) is 0 Å². The summed E-state index contributed by atoms with van der Waals surface area (Å²) in [5.41, 5.74) is 0.128. The third-order valence-electron chi connectivity index (χ3n) is 9.10. The number of rotatable bonds is 12. The number of fused-ring (bicyclic) bond motifs is 1. The molecule has 0 aromatic carbocycles. The van der Waals surface area contributed by atoms with Gasteiger partial charge in [0.1, 0.15) is 5.78 Å². The Morgan fingerprint density at radius 3 is 2.28 bits per heavy atom. The highest BCUT2D eigenvalue weighted by molar-refractivity contribution is 6.73. The van der Waals surface area contributed by atoms with E-state index in [4.69, 9.17) is 9.16 Å². The normalized spacial score (nSPS) is 29.1. The Bertz CT molecular complexity index is 518. The van der Waals surface area contributed by atoms with E-state index in [1.807, 2.05) is 0 Å². The van der Waals surface area contributed by atoms with Crippen molar-refractivity contribution in [3.8, 4) is 0 Å². The summed E-state index contributed by atoms with van der Waals surface area (Å²) in [4.78, 5) is 12.4. The second-order valence-electron chi connectivity index (χ2n) is 10.1. The largest absolute Gasteiger partial charge is 0.411 e. The molecular weight excluding hydrogens is 376 g/mol. The fourth-order valence-corrected chi connectivity index (χ4v) is 9.76. The number of hydrogen-bond donors (Lipinski definition) is 0. The second-order valence-corrected chi connectivity index (χ2v) is 14.8. The number of ether oxygens (including phenoxy) is 1. The van der Waals surface area contributed by atoms with Crippen LogP contribution >= 0.6 is 0 Å². The number of Topliss-reactive ketones (excluding diaryl/α,β-unsaturated/α-hetero) is 1. The lowest BCUT2D eigenvalue weighted by atomic mass is 9.64. The number of hydrogen-bond acceptors (Lipinski definition) is 3. The molecule has 0 aromatic heterocycles. The average molecular weight is 425 g/mol. The highest BCUT2D eigenvalue weighted by Crippen LogP contribution is 2.55. The van der Waals surface area contributed by atoms with Gasteiger partial charge in [-0.25, -0.2) is 0 Å². The molecule has 4 atom stereocenters. The van der Waals surface area contributed by atoms with Crippen LogP contribution in [0.5, 0.6) is 0 Å². The summed E-state index contributed by atoms with van der Waals surface area (Å²) in [7, 11) is -1.63. The topological polar surface area (TPSA) is 35.5 Å². The van der Waals surface area contributed by atoms with Crippen LogP contribution in [0, 0.1) is 17.3 Å². The second kappa shape index (κ2) is 10.4. The van der Waals surface area contributed by atoms with Gasteiger partial charge in [0.2, 0.25) is 0 Å². The summed E-state index contributed by atoms with van der Waals surface area (Å²) < 4.78 is 13.5. The van der Waals surface area contributed by atoms with Crippen molar-refractivity contribution < 1.29 is 14.0 Å². The molecule has 2 aliphatic rings. The minimum Gasteiger partial charge on any atom is -0.411 e. The van der Waals surface area contributed by atoms with Crippen LogP contribution in [-0.2, 0) is 14.0 Å². The van der Waals surface area contributed by atoms with Crippen LogP contribution in [0.1, 0.15) is 99.8 Å². The van der Waals surface area contributed by atoms with Gasteiger partial charge >= 0.3 is 0 Å². The molecule has 2 saturated carbocycles. The molecule has 0 spiro atoms. The molecule has 29 heavy (non-hydrogen) atoms. The average Bonchev–Trinajstić information content (AvgIpc) is 3.09. The molecule has 0 aromatic rings. The van der Waals surface area contributed by atoms with Crippen LogP contribution in [0.15, 0.2) is 0 Å². The van der Waals surface area contributed by atoms with E-state index < -0.39 is 8.32 Å². The maximum Gasteiger partial charge on any atom is 0.192 e. The van der Waals surface area contributed by atoms with Crippen molar-refractivity contribution in [2.75, 3.05) is 6.61 Å². The van der Waals surface area contributed by atoms with Gasteiger partial charge in [-0.3, -0.25) is 4.79 Å². The molecule has 170 valence electrons. The van der Waals surface area contributed by atoms with Gasteiger partial charge in [0, 0.05) is 18.9 Å². The zero-order valence-corrected chi connectivity index (χ0v) is 21.4. The summed E-state index contributed by atoms with van der Waals surface area (Å²) in [5, 5.41) is 0. The van der Waals surface area contributed by atoms with Crippen LogP contribution < -0.4 is 0 Å². The smallest absolute Gasteiger partial charge is 0.192 e. The van der Waals surface area contributed by atoms with Crippen molar-refractivity contribution in [1.82, 2.24) is 0 Å². The van der Waals surface area contributed by atoms with Gasteiger partial charge < -0.3 is 9.16 Å². The predicted octanol–water partition coefficient (Wildman–Crippen LogP) is 7.15. The van der Waals surface area contributed by atoms with E-state index in [1.165, 1.54) is 24.6 Å². The Balaban J connectivity index is 1.98. The highest BCUT2D eigenvalue weighted by Gasteiger charge is 2.52. The SMILES string of the molecule is CCC(CC)(CCO[C@H](C)C1CCC2C(=O)CCCC21C)O[Si](CC)(CC)CC. The lowest BCUT2D eigenvalue weighted by Gasteiger charge is -2.43. The van der Waals surface area contributed by atoms with Gasteiger partial charge in [-0.05, 0) is 81.3 Å². The molecule has 3 nitrogen and oxygen atoms in total. The third-order valence-corrected chi connectivity index (χ3v) is 13.8. The first kappa shape index (κ1) is 25.1. The van der Waals surface area contributed by atoms with Crippen LogP contribution in [0.3, 0.4) is 0 Å². The van der Waals surface area contributed by atoms with Gasteiger partial charge in [0.05, 0.1) is 11.7 Å². The first-order valence-electron chi connectivity index (χ1n) is 12.6. The lowest BCUT2D eigenvalue weighted by Crippen LogP contribution is -2.47.